The number of nitrogens with zero attached hydrogens (tertiary/aromatic N) is 1. The second-order valence-electron chi connectivity index (χ2n) is 5.36. The van der Waals surface area contributed by atoms with Crippen LogP contribution < -0.4 is 0 Å². The number of benzene rings is 1. The third-order valence-electron chi connectivity index (χ3n) is 3.73. The highest BCUT2D eigenvalue weighted by Crippen LogP contribution is 2.19. The molecule has 1 aromatic rings. The Kier molecular flexibility index (Phi) is 6.47. The van der Waals surface area contributed by atoms with Gasteiger partial charge in [0.15, 0.2) is 5.78 Å². The fraction of sp³-hybridized carbons (Fsp3) is 0.438. The number of amides is 1. The summed E-state index contributed by atoms with van der Waals surface area (Å²) in [5.41, 5.74) is 0.552. The zero-order chi connectivity index (χ0) is 16.8. The minimum atomic E-state index is -0.958. The van der Waals surface area contributed by atoms with Gasteiger partial charge in [0.2, 0.25) is 5.91 Å². The molecule has 23 heavy (non-hydrogen) atoms. The first-order valence-corrected chi connectivity index (χ1v) is 8.91. The molecule has 0 saturated carbocycles. The van der Waals surface area contributed by atoms with E-state index in [1.807, 2.05) is 0 Å². The van der Waals surface area contributed by atoms with E-state index in [1.165, 1.54) is 16.7 Å². The molecule has 1 aliphatic rings. The first-order valence-electron chi connectivity index (χ1n) is 7.38. The van der Waals surface area contributed by atoms with E-state index in [0.717, 1.165) is 12.8 Å². The van der Waals surface area contributed by atoms with Crippen molar-refractivity contribution in [3.05, 3.63) is 34.9 Å². The molecule has 0 spiro atoms. The van der Waals surface area contributed by atoms with Crippen LogP contribution in [-0.2, 0) is 9.59 Å². The van der Waals surface area contributed by atoms with E-state index < -0.39 is 12.0 Å². The normalized spacial score (nSPS) is 17.8. The number of carbonyl (C=O) groups is 3. The van der Waals surface area contributed by atoms with Gasteiger partial charge in [-0.25, -0.2) is 4.79 Å². The molecule has 1 fully saturated rings. The number of hydrogen-bond acceptors (Lipinski definition) is 4. The number of hydrogen-bond donors (Lipinski definition) is 1. The molecule has 1 amide bonds. The number of carboxylic acid groups (broad SMARTS) is 1. The molecule has 124 valence electrons. The lowest BCUT2D eigenvalue weighted by Crippen LogP contribution is -2.48. The Balaban J connectivity index is 1.83. The number of piperidine rings is 1. The summed E-state index contributed by atoms with van der Waals surface area (Å²) in [6.45, 7) is 0.474. The number of thioether (sulfide) groups is 1. The predicted octanol–water partition coefficient (Wildman–Crippen LogP) is 2.72. The van der Waals surface area contributed by atoms with Gasteiger partial charge in [-0.1, -0.05) is 11.6 Å². The summed E-state index contributed by atoms with van der Waals surface area (Å²) in [4.78, 5) is 36.8. The van der Waals surface area contributed by atoms with E-state index in [0.29, 0.717) is 23.6 Å². The van der Waals surface area contributed by atoms with Crippen LogP contribution in [0.2, 0.25) is 5.02 Å². The number of ketones is 1. The van der Waals surface area contributed by atoms with Gasteiger partial charge in [-0.3, -0.25) is 9.59 Å². The molecule has 0 bridgehead atoms. The lowest BCUT2D eigenvalue weighted by molar-refractivity contribution is -0.150. The second kappa shape index (κ2) is 8.36. The Bertz CT molecular complexity index is 590. The zero-order valence-corrected chi connectivity index (χ0v) is 14.1. The summed E-state index contributed by atoms with van der Waals surface area (Å²) in [7, 11) is 0. The smallest absolute Gasteiger partial charge is 0.326 e. The van der Waals surface area contributed by atoms with Crippen LogP contribution in [0, 0.1) is 0 Å². The van der Waals surface area contributed by atoms with Gasteiger partial charge in [-0.15, -0.1) is 11.8 Å². The Morgan fingerprint density at radius 2 is 1.87 bits per heavy atom. The third-order valence-corrected chi connectivity index (χ3v) is 4.90. The van der Waals surface area contributed by atoms with Crippen LogP contribution in [0.3, 0.4) is 0 Å². The van der Waals surface area contributed by atoms with E-state index in [9.17, 15) is 19.5 Å². The molecule has 5 nitrogen and oxygen atoms in total. The molecule has 1 saturated heterocycles. The van der Waals surface area contributed by atoms with Gasteiger partial charge < -0.3 is 10.0 Å². The summed E-state index contributed by atoms with van der Waals surface area (Å²) >= 11 is 6.98. The third kappa shape index (κ3) is 4.97. The summed E-state index contributed by atoms with van der Waals surface area (Å²) in [5.74, 6) is -0.957. The van der Waals surface area contributed by atoms with Gasteiger partial charge >= 0.3 is 5.97 Å². The number of carbonyl (C=O) groups excluding carboxylic acids is 2. The minimum absolute atomic E-state index is 0.0760. The molecule has 1 aliphatic heterocycles. The van der Waals surface area contributed by atoms with Crippen molar-refractivity contribution in [2.75, 3.05) is 18.1 Å². The Hall–Kier alpha value is -1.53. The van der Waals surface area contributed by atoms with E-state index in [-0.39, 0.29) is 23.2 Å². The van der Waals surface area contributed by atoms with Crippen molar-refractivity contribution < 1.29 is 19.5 Å². The monoisotopic (exact) mass is 355 g/mol. The average molecular weight is 356 g/mol. The highest BCUT2D eigenvalue weighted by Gasteiger charge is 2.31. The standard InChI is InChI=1S/C16H18ClNO4S/c17-12-6-4-11(5-7-12)14(19)9-23-10-15(20)18-8-2-1-3-13(18)16(21)22/h4-7,13H,1-3,8-10H2,(H,21,22). The molecule has 1 unspecified atom stereocenters. The van der Waals surface area contributed by atoms with Gasteiger partial charge in [0, 0.05) is 17.1 Å². The summed E-state index contributed by atoms with van der Waals surface area (Å²) in [6.07, 6.45) is 2.14. The Morgan fingerprint density at radius 3 is 2.52 bits per heavy atom. The quantitative estimate of drug-likeness (QED) is 0.794. The van der Waals surface area contributed by atoms with Gasteiger partial charge in [0.1, 0.15) is 6.04 Å². The van der Waals surface area contributed by atoms with Gasteiger partial charge in [-0.2, -0.15) is 0 Å². The number of carboxylic acids is 1. The fourth-order valence-electron chi connectivity index (χ4n) is 2.52. The molecule has 1 atom stereocenters. The van der Waals surface area contributed by atoms with E-state index >= 15 is 0 Å². The molecule has 0 radical (unpaired) electrons. The van der Waals surface area contributed by atoms with Crippen LogP contribution in [-0.4, -0.2) is 51.8 Å². The molecular weight excluding hydrogens is 338 g/mol. The topological polar surface area (TPSA) is 74.7 Å². The zero-order valence-electron chi connectivity index (χ0n) is 12.5. The Labute approximate surface area is 144 Å². The number of aliphatic carboxylic acids is 1. The van der Waals surface area contributed by atoms with Crippen LogP contribution in [0.25, 0.3) is 0 Å². The molecule has 1 heterocycles. The van der Waals surface area contributed by atoms with Gasteiger partial charge in [0.05, 0.1) is 11.5 Å². The highest BCUT2D eigenvalue weighted by atomic mass is 35.5. The molecular formula is C16H18ClNO4S. The van der Waals surface area contributed by atoms with Crippen LogP contribution in [0.15, 0.2) is 24.3 Å². The van der Waals surface area contributed by atoms with Crippen LogP contribution in [0.5, 0.6) is 0 Å². The SMILES string of the molecule is O=C(CSCC(=O)N1CCCCC1C(=O)O)c1ccc(Cl)cc1. The van der Waals surface area contributed by atoms with Crippen molar-refractivity contribution in [3.63, 3.8) is 0 Å². The van der Waals surface area contributed by atoms with Gasteiger partial charge in [0.25, 0.3) is 0 Å². The molecule has 1 aromatic carbocycles. The van der Waals surface area contributed by atoms with Crippen molar-refractivity contribution in [2.45, 2.75) is 25.3 Å². The first-order chi connectivity index (χ1) is 11.0. The van der Waals surface area contributed by atoms with E-state index in [1.54, 1.807) is 24.3 Å². The fourth-order valence-corrected chi connectivity index (χ4v) is 3.44. The van der Waals surface area contributed by atoms with E-state index in [2.05, 4.69) is 0 Å². The van der Waals surface area contributed by atoms with E-state index in [4.69, 9.17) is 11.6 Å². The minimum Gasteiger partial charge on any atom is -0.480 e. The number of halogens is 1. The van der Waals surface area contributed by atoms with Crippen LogP contribution in [0.4, 0.5) is 0 Å². The highest BCUT2D eigenvalue weighted by molar-refractivity contribution is 8.00. The first kappa shape index (κ1) is 17.8. The van der Waals surface area contributed by atoms with Crippen molar-refractivity contribution in [1.29, 1.82) is 0 Å². The predicted molar refractivity (Wildman–Crippen MR) is 90.1 cm³/mol. The maximum absolute atomic E-state index is 12.2. The maximum atomic E-state index is 12.2. The Morgan fingerprint density at radius 1 is 1.17 bits per heavy atom. The second-order valence-corrected chi connectivity index (χ2v) is 6.78. The number of rotatable bonds is 6. The molecule has 0 aliphatic carbocycles. The van der Waals surface area contributed by atoms with Crippen LogP contribution in [0.1, 0.15) is 29.6 Å². The molecule has 2 rings (SSSR count). The average Bonchev–Trinajstić information content (AvgIpc) is 2.55. The van der Waals surface area contributed by atoms with Crippen LogP contribution >= 0.6 is 23.4 Å². The van der Waals surface area contributed by atoms with Gasteiger partial charge in [-0.05, 0) is 43.5 Å². The molecule has 0 aromatic heterocycles. The largest absolute Gasteiger partial charge is 0.480 e. The number of Topliss-reactive ketones (excluding diaryl/α,β-unsaturated/α-hetero) is 1. The van der Waals surface area contributed by atoms with Crippen molar-refractivity contribution >= 4 is 41.0 Å². The van der Waals surface area contributed by atoms with Crippen molar-refractivity contribution in [3.8, 4) is 0 Å². The lowest BCUT2D eigenvalue weighted by atomic mass is 10.0. The summed E-state index contributed by atoms with van der Waals surface area (Å²) in [5, 5.41) is 9.74. The van der Waals surface area contributed by atoms with Crippen molar-refractivity contribution in [2.24, 2.45) is 0 Å². The summed E-state index contributed by atoms with van der Waals surface area (Å²) < 4.78 is 0. The molecule has 7 heteroatoms. The maximum Gasteiger partial charge on any atom is 0.326 e. The molecule has 1 N–H and O–H groups in total. The number of likely N-dealkylation sites (tertiary alicyclic amines) is 1. The summed E-state index contributed by atoms with van der Waals surface area (Å²) in [6, 6.07) is 5.87. The van der Waals surface area contributed by atoms with Crippen molar-refractivity contribution in [1.82, 2.24) is 4.90 Å². The lowest BCUT2D eigenvalue weighted by Gasteiger charge is -2.32.